The number of nitrogens with zero attached hydrogens (tertiary/aromatic N) is 1. The molecular formula is C21H24N2O3S. The average Bonchev–Trinajstić information content (AvgIpc) is 3.31. The number of thiophene rings is 1. The molecule has 3 aromatic rings. The van der Waals surface area contributed by atoms with Crippen LogP contribution in [0.25, 0.3) is 11.0 Å². The largest absolute Gasteiger partial charge is 0.490 e. The molecule has 27 heavy (non-hydrogen) atoms. The Morgan fingerprint density at radius 3 is 2.96 bits per heavy atom. The number of fused-ring (bicyclic) bond motifs is 1. The standard InChI is InChI=1S/C21H24N2O3S/c1-4-11-23(14-17-9-7-12-27-17)21(24)22-15(3)19-13-16-8-6-10-18(25-5-2)20(16)26-19/h4,6-10,12-13,15H,1,5,11,14H2,2-3H3,(H,22,24). The summed E-state index contributed by atoms with van der Waals surface area (Å²) in [4.78, 5) is 15.6. The van der Waals surface area contributed by atoms with Gasteiger partial charge in [0.15, 0.2) is 11.3 Å². The molecule has 3 rings (SSSR count). The highest BCUT2D eigenvalue weighted by molar-refractivity contribution is 7.09. The lowest BCUT2D eigenvalue weighted by molar-refractivity contribution is 0.196. The molecule has 0 aliphatic carbocycles. The van der Waals surface area contributed by atoms with E-state index in [4.69, 9.17) is 9.15 Å². The predicted molar refractivity (Wildman–Crippen MR) is 109 cm³/mol. The summed E-state index contributed by atoms with van der Waals surface area (Å²) in [6.45, 7) is 9.20. The van der Waals surface area contributed by atoms with Crippen molar-refractivity contribution in [3.8, 4) is 5.75 Å². The number of para-hydroxylation sites is 1. The van der Waals surface area contributed by atoms with Gasteiger partial charge in [0.05, 0.1) is 19.2 Å². The Kier molecular flexibility index (Phi) is 6.19. The van der Waals surface area contributed by atoms with Crippen LogP contribution in [0.3, 0.4) is 0 Å². The Labute approximate surface area is 163 Å². The maximum Gasteiger partial charge on any atom is 0.318 e. The van der Waals surface area contributed by atoms with Gasteiger partial charge >= 0.3 is 6.03 Å². The van der Waals surface area contributed by atoms with Crippen LogP contribution in [0, 0.1) is 0 Å². The first kappa shape index (κ1) is 19.0. The van der Waals surface area contributed by atoms with E-state index in [2.05, 4.69) is 11.9 Å². The van der Waals surface area contributed by atoms with Gasteiger partial charge < -0.3 is 19.4 Å². The number of hydrogen-bond donors (Lipinski definition) is 1. The van der Waals surface area contributed by atoms with E-state index < -0.39 is 0 Å². The molecule has 1 atom stereocenters. The number of nitrogens with one attached hydrogen (secondary N) is 1. The molecule has 0 saturated carbocycles. The van der Waals surface area contributed by atoms with Gasteiger partial charge in [-0.3, -0.25) is 0 Å². The van der Waals surface area contributed by atoms with Crippen molar-refractivity contribution in [1.82, 2.24) is 10.2 Å². The maximum absolute atomic E-state index is 12.7. The molecule has 0 radical (unpaired) electrons. The summed E-state index contributed by atoms with van der Waals surface area (Å²) in [5, 5.41) is 5.98. The molecule has 0 fully saturated rings. The van der Waals surface area contributed by atoms with Crippen molar-refractivity contribution < 1.29 is 13.9 Å². The number of carbonyl (C=O) groups excluding carboxylic acids is 1. The molecule has 2 heterocycles. The van der Waals surface area contributed by atoms with Crippen LogP contribution in [0.2, 0.25) is 0 Å². The molecule has 1 unspecified atom stereocenters. The van der Waals surface area contributed by atoms with Crippen LogP contribution in [0.4, 0.5) is 4.79 Å². The van der Waals surface area contributed by atoms with Gasteiger partial charge in [0.25, 0.3) is 0 Å². The van der Waals surface area contributed by atoms with E-state index in [1.165, 1.54) is 0 Å². The highest BCUT2D eigenvalue weighted by Gasteiger charge is 2.19. The first-order valence-electron chi connectivity index (χ1n) is 8.96. The minimum atomic E-state index is -0.268. The molecule has 0 aliphatic rings. The van der Waals surface area contributed by atoms with Gasteiger partial charge in [-0.2, -0.15) is 0 Å². The number of amides is 2. The molecule has 6 heteroatoms. The number of hydrogen-bond acceptors (Lipinski definition) is 4. The zero-order valence-corrected chi connectivity index (χ0v) is 16.4. The number of urea groups is 1. The van der Waals surface area contributed by atoms with E-state index >= 15 is 0 Å². The van der Waals surface area contributed by atoms with Gasteiger partial charge in [-0.25, -0.2) is 4.79 Å². The Morgan fingerprint density at radius 2 is 2.26 bits per heavy atom. The molecule has 0 saturated heterocycles. The number of rotatable bonds is 8. The van der Waals surface area contributed by atoms with E-state index in [0.717, 1.165) is 10.3 Å². The topological polar surface area (TPSA) is 54.7 Å². The summed E-state index contributed by atoms with van der Waals surface area (Å²) >= 11 is 1.63. The van der Waals surface area contributed by atoms with Crippen molar-refractivity contribution in [2.45, 2.75) is 26.4 Å². The number of furan rings is 1. The van der Waals surface area contributed by atoms with Gasteiger partial charge in [0, 0.05) is 16.8 Å². The summed E-state index contributed by atoms with van der Waals surface area (Å²) in [6, 6.07) is 11.3. The van der Waals surface area contributed by atoms with Crippen LogP contribution in [0.15, 0.2) is 58.9 Å². The third-order valence-corrected chi connectivity index (χ3v) is 5.02. The average molecular weight is 385 g/mol. The molecule has 0 bridgehead atoms. The van der Waals surface area contributed by atoms with Crippen molar-refractivity contribution in [2.24, 2.45) is 0 Å². The van der Waals surface area contributed by atoms with Crippen LogP contribution in [-0.2, 0) is 6.54 Å². The van der Waals surface area contributed by atoms with E-state index in [9.17, 15) is 4.79 Å². The van der Waals surface area contributed by atoms with Crippen LogP contribution < -0.4 is 10.1 Å². The second-order valence-corrected chi connectivity index (χ2v) is 7.21. The van der Waals surface area contributed by atoms with Gasteiger partial charge in [-0.1, -0.05) is 24.3 Å². The van der Waals surface area contributed by atoms with Crippen molar-refractivity contribution in [2.75, 3.05) is 13.2 Å². The fourth-order valence-electron chi connectivity index (χ4n) is 2.85. The lowest BCUT2D eigenvalue weighted by atomic mass is 10.2. The second kappa shape index (κ2) is 8.77. The summed E-state index contributed by atoms with van der Waals surface area (Å²) < 4.78 is 11.6. The molecule has 5 nitrogen and oxygen atoms in total. The third-order valence-electron chi connectivity index (χ3n) is 4.16. The normalized spacial score (nSPS) is 11.9. The smallest absolute Gasteiger partial charge is 0.318 e. The third kappa shape index (κ3) is 4.52. The van der Waals surface area contributed by atoms with E-state index in [-0.39, 0.29) is 12.1 Å². The molecule has 0 aliphatic heterocycles. The molecule has 2 amide bonds. The predicted octanol–water partition coefficient (Wildman–Crippen LogP) is 5.35. The summed E-state index contributed by atoms with van der Waals surface area (Å²) in [6.07, 6.45) is 1.73. The van der Waals surface area contributed by atoms with Crippen molar-refractivity contribution in [1.29, 1.82) is 0 Å². The summed E-state index contributed by atoms with van der Waals surface area (Å²) in [5.74, 6) is 1.41. The zero-order valence-electron chi connectivity index (χ0n) is 15.6. The quantitative estimate of drug-likeness (QED) is 0.533. The first-order valence-corrected chi connectivity index (χ1v) is 9.84. The maximum atomic E-state index is 12.7. The minimum absolute atomic E-state index is 0.152. The molecule has 2 aromatic heterocycles. The fraction of sp³-hybridized carbons (Fsp3) is 0.286. The van der Waals surface area contributed by atoms with Crippen LogP contribution in [-0.4, -0.2) is 24.1 Å². The van der Waals surface area contributed by atoms with Crippen LogP contribution >= 0.6 is 11.3 Å². The highest BCUT2D eigenvalue weighted by Crippen LogP contribution is 2.31. The number of ether oxygens (including phenoxy) is 1. The number of carbonyl (C=O) groups is 1. The second-order valence-electron chi connectivity index (χ2n) is 6.18. The molecule has 1 aromatic carbocycles. The lowest BCUT2D eigenvalue weighted by Crippen LogP contribution is -2.40. The fourth-order valence-corrected chi connectivity index (χ4v) is 3.57. The van der Waals surface area contributed by atoms with E-state index in [0.29, 0.717) is 36.8 Å². The SMILES string of the molecule is C=CCN(Cc1cccs1)C(=O)NC(C)c1cc2cccc(OCC)c2o1. The Hall–Kier alpha value is -2.73. The minimum Gasteiger partial charge on any atom is -0.490 e. The van der Waals surface area contributed by atoms with Crippen molar-refractivity contribution >= 4 is 28.3 Å². The van der Waals surface area contributed by atoms with E-state index in [1.807, 2.05) is 55.6 Å². The monoisotopic (exact) mass is 384 g/mol. The Morgan fingerprint density at radius 1 is 1.41 bits per heavy atom. The van der Waals surface area contributed by atoms with Gasteiger partial charge in [-0.05, 0) is 37.4 Å². The molecule has 142 valence electrons. The zero-order chi connectivity index (χ0) is 19.2. The van der Waals surface area contributed by atoms with Gasteiger partial charge in [0.1, 0.15) is 5.76 Å². The summed E-state index contributed by atoms with van der Waals surface area (Å²) in [7, 11) is 0. The van der Waals surface area contributed by atoms with E-state index in [1.54, 1.807) is 22.3 Å². The number of benzene rings is 1. The molecule has 0 spiro atoms. The van der Waals surface area contributed by atoms with Crippen molar-refractivity contribution in [3.63, 3.8) is 0 Å². The Balaban J connectivity index is 1.74. The van der Waals surface area contributed by atoms with Gasteiger partial charge in [-0.15, -0.1) is 17.9 Å². The lowest BCUT2D eigenvalue weighted by Gasteiger charge is -2.23. The van der Waals surface area contributed by atoms with Crippen LogP contribution in [0.5, 0.6) is 5.75 Å². The molecular weight excluding hydrogens is 360 g/mol. The van der Waals surface area contributed by atoms with Crippen LogP contribution in [0.1, 0.15) is 30.5 Å². The summed E-state index contributed by atoms with van der Waals surface area (Å²) in [5.41, 5.74) is 0.706. The first-order chi connectivity index (χ1) is 13.1. The van der Waals surface area contributed by atoms with Gasteiger partial charge in [0.2, 0.25) is 0 Å². The Bertz CT molecular complexity index is 901. The molecule has 1 N–H and O–H groups in total. The highest BCUT2D eigenvalue weighted by atomic mass is 32.1. The van der Waals surface area contributed by atoms with Crippen molar-refractivity contribution in [3.05, 3.63) is 65.1 Å².